The van der Waals surface area contributed by atoms with Crippen LogP contribution in [0.4, 0.5) is 0 Å². The van der Waals surface area contributed by atoms with Gasteiger partial charge in [0.05, 0.1) is 0 Å². The molecule has 0 aliphatic heterocycles. The van der Waals surface area contributed by atoms with Crippen LogP contribution in [0.5, 0.6) is 0 Å². The second-order valence-electron chi connectivity index (χ2n) is 2.46. The molecule has 78 valence electrons. The third kappa shape index (κ3) is 2.90. The van der Waals surface area contributed by atoms with Crippen LogP contribution in [0.25, 0.3) is 0 Å². The predicted molar refractivity (Wildman–Crippen MR) is 51.3 cm³/mol. The van der Waals surface area contributed by atoms with E-state index in [1.54, 1.807) is 0 Å². The first kappa shape index (κ1) is 10.3. The molecule has 8 nitrogen and oxygen atoms in total. The molecule has 0 radical (unpaired) electrons. The molecule has 6 N–H and O–H groups in total. The molecule has 0 aromatic carbocycles. The van der Waals surface area contributed by atoms with Crippen LogP contribution in [0.2, 0.25) is 0 Å². The first-order valence-corrected chi connectivity index (χ1v) is 4.14. The number of nitrogens with two attached hydrogens (primary N) is 1. The number of hydrazine groups is 1. The van der Waals surface area contributed by atoms with Gasteiger partial charge in [0.2, 0.25) is 5.96 Å². The Morgan fingerprint density at radius 3 is 3.00 bits per heavy atom. The number of guanidine groups is 1. The minimum atomic E-state index is -0.346. The summed E-state index contributed by atoms with van der Waals surface area (Å²) in [6.07, 6.45) is 0. The average Bonchev–Trinajstić information content (AvgIpc) is 2.59. The van der Waals surface area contributed by atoms with Crippen LogP contribution in [-0.2, 0) is 6.54 Å². The summed E-state index contributed by atoms with van der Waals surface area (Å²) in [4.78, 5) is 17.2. The number of aromatic nitrogens is 3. The summed E-state index contributed by atoms with van der Waals surface area (Å²) in [5.41, 5.74) is 2.04. The van der Waals surface area contributed by atoms with Crippen LogP contribution in [0.1, 0.15) is 12.7 Å². The lowest BCUT2D eigenvalue weighted by atomic mass is 10.6. The van der Waals surface area contributed by atoms with Crippen molar-refractivity contribution >= 4 is 5.96 Å². The van der Waals surface area contributed by atoms with Gasteiger partial charge >= 0.3 is 5.69 Å². The lowest BCUT2D eigenvalue weighted by Crippen LogP contribution is -2.41. The van der Waals surface area contributed by atoms with Crippen molar-refractivity contribution in [3.05, 3.63) is 16.3 Å². The molecule has 0 unspecified atom stereocenters. The molecule has 1 aromatic rings. The largest absolute Gasteiger partial charge is 0.356 e. The van der Waals surface area contributed by atoms with Gasteiger partial charge in [0.1, 0.15) is 6.54 Å². The minimum Gasteiger partial charge on any atom is -0.356 e. The number of nitrogens with zero attached hydrogens (tertiary/aromatic N) is 2. The summed E-state index contributed by atoms with van der Waals surface area (Å²) in [6.45, 7) is 2.88. The molecule has 0 aliphatic rings. The zero-order valence-electron chi connectivity index (χ0n) is 7.79. The highest BCUT2D eigenvalue weighted by atomic mass is 16.1. The fourth-order valence-electron chi connectivity index (χ4n) is 0.854. The lowest BCUT2D eigenvalue weighted by Gasteiger charge is -2.04. The average molecular weight is 199 g/mol. The number of nitrogens with one attached hydrogen (secondary N) is 4. The highest BCUT2D eigenvalue weighted by Crippen LogP contribution is 1.85. The molecule has 1 aromatic heterocycles. The third-order valence-corrected chi connectivity index (χ3v) is 1.42. The SMILES string of the molecule is CCNC(=NCc1n[nH]c(=O)[nH]1)NN. The second-order valence-corrected chi connectivity index (χ2v) is 2.46. The molecule has 0 amide bonds. The molecule has 1 heterocycles. The molecular weight excluding hydrogens is 186 g/mol. The first-order chi connectivity index (χ1) is 6.76. The minimum absolute atomic E-state index is 0.255. The van der Waals surface area contributed by atoms with Gasteiger partial charge in [-0.3, -0.25) is 10.4 Å². The van der Waals surface area contributed by atoms with E-state index in [-0.39, 0.29) is 12.2 Å². The number of rotatable bonds is 3. The first-order valence-electron chi connectivity index (χ1n) is 4.14. The quantitative estimate of drug-likeness (QED) is 0.167. The Hall–Kier alpha value is -1.83. The summed E-state index contributed by atoms with van der Waals surface area (Å²) >= 11 is 0. The van der Waals surface area contributed by atoms with Crippen molar-refractivity contribution in [3.8, 4) is 0 Å². The smallest absolute Gasteiger partial charge is 0.340 e. The normalized spacial score (nSPS) is 11.4. The van der Waals surface area contributed by atoms with E-state index in [9.17, 15) is 4.79 Å². The van der Waals surface area contributed by atoms with Gasteiger partial charge in [-0.15, -0.1) is 0 Å². The topological polar surface area (TPSA) is 124 Å². The molecule has 0 saturated heterocycles. The number of hydrogen-bond donors (Lipinski definition) is 5. The van der Waals surface area contributed by atoms with Crippen molar-refractivity contribution in [1.82, 2.24) is 25.9 Å². The Kier molecular flexibility index (Phi) is 3.68. The van der Waals surface area contributed by atoms with E-state index in [0.29, 0.717) is 18.3 Å². The number of hydrogen-bond acceptors (Lipinski definition) is 4. The zero-order chi connectivity index (χ0) is 10.4. The molecule has 0 aliphatic carbocycles. The van der Waals surface area contributed by atoms with Gasteiger partial charge in [0.15, 0.2) is 5.82 Å². The fourth-order valence-corrected chi connectivity index (χ4v) is 0.854. The van der Waals surface area contributed by atoms with Crippen LogP contribution in [-0.4, -0.2) is 27.7 Å². The van der Waals surface area contributed by atoms with Gasteiger partial charge in [0.25, 0.3) is 0 Å². The van der Waals surface area contributed by atoms with Crippen LogP contribution < -0.4 is 22.3 Å². The molecule has 0 fully saturated rings. The van der Waals surface area contributed by atoms with Crippen molar-refractivity contribution in [3.63, 3.8) is 0 Å². The Bertz CT molecular complexity index is 351. The Morgan fingerprint density at radius 2 is 2.50 bits per heavy atom. The maximum atomic E-state index is 10.7. The van der Waals surface area contributed by atoms with E-state index in [0.717, 1.165) is 0 Å². The summed E-state index contributed by atoms with van der Waals surface area (Å²) in [7, 11) is 0. The summed E-state index contributed by atoms with van der Waals surface area (Å²) in [5, 5.41) is 8.82. The molecule has 0 saturated carbocycles. The standard InChI is InChI=1S/C6H13N7O/c1-2-8-5(11-7)9-3-4-10-6(14)13-12-4/h2-3,7H2,1H3,(H2,8,9,11)(H2,10,12,13,14). The van der Waals surface area contributed by atoms with Gasteiger partial charge < -0.3 is 5.32 Å². The van der Waals surface area contributed by atoms with Gasteiger partial charge in [0, 0.05) is 6.54 Å². The van der Waals surface area contributed by atoms with E-state index < -0.39 is 0 Å². The van der Waals surface area contributed by atoms with Crippen molar-refractivity contribution < 1.29 is 0 Å². The lowest BCUT2D eigenvalue weighted by molar-refractivity contribution is 0.833. The van der Waals surface area contributed by atoms with Crippen LogP contribution in [0, 0.1) is 0 Å². The van der Waals surface area contributed by atoms with Gasteiger partial charge in [-0.25, -0.2) is 20.7 Å². The Balaban J connectivity index is 2.56. The Labute approximate surface area is 80.0 Å². The van der Waals surface area contributed by atoms with E-state index >= 15 is 0 Å². The Morgan fingerprint density at radius 1 is 1.71 bits per heavy atom. The van der Waals surface area contributed by atoms with Crippen molar-refractivity contribution in [1.29, 1.82) is 0 Å². The molecule has 14 heavy (non-hydrogen) atoms. The third-order valence-electron chi connectivity index (χ3n) is 1.42. The predicted octanol–water partition coefficient (Wildman–Crippen LogP) is -1.97. The molecule has 0 bridgehead atoms. The van der Waals surface area contributed by atoms with Crippen molar-refractivity contribution in [2.24, 2.45) is 10.8 Å². The van der Waals surface area contributed by atoms with Gasteiger partial charge in [-0.2, -0.15) is 5.10 Å². The maximum Gasteiger partial charge on any atom is 0.340 e. The zero-order valence-corrected chi connectivity index (χ0v) is 7.79. The molecule has 0 spiro atoms. The van der Waals surface area contributed by atoms with Crippen LogP contribution in [0.3, 0.4) is 0 Å². The summed E-state index contributed by atoms with van der Waals surface area (Å²) in [5.74, 6) is 6.10. The maximum absolute atomic E-state index is 10.7. The number of aromatic amines is 2. The van der Waals surface area contributed by atoms with E-state index in [1.807, 2.05) is 6.92 Å². The van der Waals surface area contributed by atoms with Gasteiger partial charge in [-0.05, 0) is 6.92 Å². The fraction of sp³-hybridized carbons (Fsp3) is 0.500. The van der Waals surface area contributed by atoms with Crippen molar-refractivity contribution in [2.75, 3.05) is 6.54 Å². The highest BCUT2D eigenvalue weighted by molar-refractivity contribution is 5.78. The van der Waals surface area contributed by atoms with E-state index in [1.165, 1.54) is 0 Å². The summed E-state index contributed by atoms with van der Waals surface area (Å²) in [6, 6.07) is 0. The van der Waals surface area contributed by atoms with E-state index in [2.05, 4.69) is 30.9 Å². The van der Waals surface area contributed by atoms with E-state index in [4.69, 9.17) is 5.84 Å². The molecular formula is C6H13N7O. The summed E-state index contributed by atoms with van der Waals surface area (Å²) < 4.78 is 0. The van der Waals surface area contributed by atoms with Crippen LogP contribution >= 0.6 is 0 Å². The monoisotopic (exact) mass is 199 g/mol. The van der Waals surface area contributed by atoms with Crippen LogP contribution in [0.15, 0.2) is 9.79 Å². The molecule has 0 atom stereocenters. The number of aliphatic imine (C=N–C) groups is 1. The van der Waals surface area contributed by atoms with Crippen molar-refractivity contribution in [2.45, 2.75) is 13.5 Å². The molecule has 1 rings (SSSR count). The van der Waals surface area contributed by atoms with Gasteiger partial charge in [-0.1, -0.05) is 0 Å². The highest BCUT2D eigenvalue weighted by Gasteiger charge is 1.97. The number of H-pyrrole nitrogens is 2. The second kappa shape index (κ2) is 5.02. The molecule has 8 heteroatoms.